The van der Waals surface area contributed by atoms with Crippen LogP contribution in [0.15, 0.2) is 54.7 Å². The fourth-order valence-electron chi connectivity index (χ4n) is 4.22. The number of nitrogens with zero attached hydrogens (tertiary/aromatic N) is 3. The molecule has 1 aromatic carbocycles. The number of pyridine rings is 1. The lowest BCUT2D eigenvalue weighted by Gasteiger charge is -2.28. The van der Waals surface area contributed by atoms with Gasteiger partial charge in [-0.25, -0.2) is 0 Å². The Morgan fingerprint density at radius 3 is 2.60 bits per heavy atom. The molecule has 2 atom stereocenters. The third-order valence-corrected chi connectivity index (χ3v) is 5.99. The fraction of sp³-hybridized carbons (Fsp3) is 0.304. The average Bonchev–Trinajstić information content (AvgIpc) is 3.23. The summed E-state index contributed by atoms with van der Waals surface area (Å²) in [6.07, 6.45) is 1.81. The fourth-order valence-corrected chi connectivity index (χ4v) is 4.56. The molecular formula is C23H26N4O2S. The maximum atomic E-state index is 9.75. The van der Waals surface area contributed by atoms with Gasteiger partial charge in [0.25, 0.3) is 0 Å². The molecule has 0 radical (unpaired) electrons. The van der Waals surface area contributed by atoms with Gasteiger partial charge >= 0.3 is 0 Å². The molecule has 0 aliphatic carbocycles. The number of aromatic hydroxyl groups is 1. The minimum Gasteiger partial charge on any atom is -0.508 e. The zero-order valence-electron chi connectivity index (χ0n) is 17.4. The summed E-state index contributed by atoms with van der Waals surface area (Å²) in [6, 6.07) is 15.2. The predicted octanol–water partition coefficient (Wildman–Crippen LogP) is 4.03. The van der Waals surface area contributed by atoms with E-state index in [9.17, 15) is 5.11 Å². The number of ether oxygens (including phenoxy) is 1. The van der Waals surface area contributed by atoms with Crippen molar-refractivity contribution >= 4 is 23.0 Å². The maximum absolute atomic E-state index is 9.75. The van der Waals surface area contributed by atoms with E-state index < -0.39 is 0 Å². The lowest BCUT2D eigenvalue weighted by molar-refractivity contribution is 0.186. The third-order valence-electron chi connectivity index (χ3n) is 5.68. The van der Waals surface area contributed by atoms with E-state index in [1.807, 2.05) is 36.5 Å². The van der Waals surface area contributed by atoms with E-state index in [0.717, 1.165) is 17.9 Å². The first-order valence-electron chi connectivity index (χ1n) is 9.96. The summed E-state index contributed by atoms with van der Waals surface area (Å²) in [5, 5.41) is 13.9. The Morgan fingerprint density at radius 2 is 1.93 bits per heavy atom. The van der Waals surface area contributed by atoms with Crippen LogP contribution < -0.4 is 10.2 Å². The number of hydrogen-bond donors (Lipinski definition) is 2. The maximum Gasteiger partial charge on any atom is 0.174 e. The molecule has 0 bridgehead atoms. The van der Waals surface area contributed by atoms with Crippen LogP contribution in [0, 0.1) is 13.8 Å². The SMILES string of the molecule is COCCn1c(C)cc([C@H]2[C@@H](c3ccccn3)NC(=S)N2c2ccc(O)cc2)c1C. The smallest absolute Gasteiger partial charge is 0.174 e. The lowest BCUT2D eigenvalue weighted by atomic mass is 9.96. The van der Waals surface area contributed by atoms with Crippen LogP contribution in [0.3, 0.4) is 0 Å². The van der Waals surface area contributed by atoms with E-state index in [4.69, 9.17) is 17.0 Å². The molecule has 0 spiro atoms. The van der Waals surface area contributed by atoms with Crippen molar-refractivity contribution in [1.29, 1.82) is 0 Å². The second-order valence-electron chi connectivity index (χ2n) is 7.48. The predicted molar refractivity (Wildman–Crippen MR) is 122 cm³/mol. The lowest BCUT2D eigenvalue weighted by Crippen LogP contribution is -2.29. The summed E-state index contributed by atoms with van der Waals surface area (Å²) in [7, 11) is 1.72. The van der Waals surface area contributed by atoms with Crippen molar-refractivity contribution < 1.29 is 9.84 Å². The highest BCUT2D eigenvalue weighted by molar-refractivity contribution is 7.80. The molecule has 0 unspecified atom stereocenters. The first-order chi connectivity index (χ1) is 14.5. The van der Waals surface area contributed by atoms with Crippen molar-refractivity contribution in [2.24, 2.45) is 0 Å². The van der Waals surface area contributed by atoms with E-state index in [-0.39, 0.29) is 17.8 Å². The number of anilines is 1. The van der Waals surface area contributed by atoms with Crippen LogP contribution in [0.2, 0.25) is 0 Å². The first-order valence-corrected chi connectivity index (χ1v) is 10.4. The van der Waals surface area contributed by atoms with Gasteiger partial charge in [0.05, 0.1) is 24.4 Å². The van der Waals surface area contributed by atoms with Crippen LogP contribution in [-0.4, -0.2) is 33.5 Å². The second-order valence-corrected chi connectivity index (χ2v) is 7.87. The molecule has 0 saturated carbocycles. The molecule has 6 nitrogen and oxygen atoms in total. The zero-order valence-corrected chi connectivity index (χ0v) is 18.2. The van der Waals surface area contributed by atoms with E-state index in [0.29, 0.717) is 11.7 Å². The second kappa shape index (κ2) is 8.45. The van der Waals surface area contributed by atoms with Gasteiger partial charge in [-0.15, -0.1) is 0 Å². The van der Waals surface area contributed by atoms with Crippen molar-refractivity contribution in [1.82, 2.24) is 14.9 Å². The molecule has 1 aliphatic heterocycles. The highest BCUT2D eigenvalue weighted by Crippen LogP contribution is 2.43. The molecular weight excluding hydrogens is 396 g/mol. The number of aromatic nitrogens is 2. The Morgan fingerprint density at radius 1 is 1.17 bits per heavy atom. The van der Waals surface area contributed by atoms with Gasteiger partial charge in [0, 0.05) is 36.9 Å². The number of hydrogen-bond acceptors (Lipinski definition) is 4. The van der Waals surface area contributed by atoms with E-state index >= 15 is 0 Å². The van der Waals surface area contributed by atoms with Gasteiger partial charge in [-0.1, -0.05) is 6.07 Å². The van der Waals surface area contributed by atoms with Crippen molar-refractivity contribution in [2.45, 2.75) is 32.5 Å². The zero-order chi connectivity index (χ0) is 21.3. The number of nitrogens with one attached hydrogen (secondary N) is 1. The van der Waals surface area contributed by atoms with Crippen LogP contribution >= 0.6 is 12.2 Å². The van der Waals surface area contributed by atoms with Gasteiger partial charge in [-0.2, -0.15) is 0 Å². The summed E-state index contributed by atoms with van der Waals surface area (Å²) in [5.74, 6) is 0.229. The molecule has 2 N–H and O–H groups in total. The Labute approximate surface area is 182 Å². The molecule has 1 aliphatic rings. The molecule has 0 amide bonds. The van der Waals surface area contributed by atoms with Gasteiger partial charge in [0.1, 0.15) is 5.75 Å². The van der Waals surface area contributed by atoms with Gasteiger partial charge < -0.3 is 24.6 Å². The third kappa shape index (κ3) is 3.66. The number of rotatable bonds is 6. The summed E-state index contributed by atoms with van der Waals surface area (Å²) in [6.45, 7) is 5.71. The van der Waals surface area contributed by atoms with Crippen molar-refractivity contribution in [3.05, 3.63) is 77.4 Å². The normalized spacial score (nSPS) is 18.6. The van der Waals surface area contributed by atoms with Crippen LogP contribution in [0.5, 0.6) is 5.75 Å². The Hall–Kier alpha value is -2.90. The van der Waals surface area contributed by atoms with Crippen LogP contribution in [0.1, 0.15) is 34.7 Å². The van der Waals surface area contributed by atoms with Crippen LogP contribution in [-0.2, 0) is 11.3 Å². The summed E-state index contributed by atoms with van der Waals surface area (Å²) < 4.78 is 7.58. The molecule has 1 saturated heterocycles. The Balaban J connectivity index is 1.83. The average molecular weight is 423 g/mol. The highest BCUT2D eigenvalue weighted by atomic mass is 32.1. The minimum atomic E-state index is -0.0936. The molecule has 1 fully saturated rings. The van der Waals surface area contributed by atoms with Crippen LogP contribution in [0.4, 0.5) is 5.69 Å². The van der Waals surface area contributed by atoms with Crippen LogP contribution in [0.25, 0.3) is 0 Å². The highest BCUT2D eigenvalue weighted by Gasteiger charge is 2.42. The molecule has 156 valence electrons. The molecule has 3 heterocycles. The van der Waals surface area contributed by atoms with Crippen molar-refractivity contribution in [3.63, 3.8) is 0 Å². The summed E-state index contributed by atoms with van der Waals surface area (Å²) in [4.78, 5) is 6.73. The van der Waals surface area contributed by atoms with E-state index in [1.54, 1.807) is 19.2 Å². The number of aryl methyl sites for hydroxylation is 1. The number of phenolic OH excluding ortho intramolecular Hbond substituents is 1. The molecule has 2 aromatic heterocycles. The molecule has 3 aromatic rings. The Bertz CT molecular complexity index is 1030. The monoisotopic (exact) mass is 422 g/mol. The topological polar surface area (TPSA) is 62.5 Å². The standard InChI is InChI=1S/C23H26N4O2S/c1-15-14-19(16(2)26(15)12-13-29-3)22-21(20-6-4-5-11-24-20)25-23(30)27(22)17-7-9-18(28)10-8-17/h4-11,14,21-22,28H,12-13H2,1-3H3,(H,25,30)/t21-,22+/m1/s1. The van der Waals surface area contributed by atoms with Gasteiger partial charge in [-0.3, -0.25) is 4.98 Å². The molecule has 30 heavy (non-hydrogen) atoms. The summed E-state index contributed by atoms with van der Waals surface area (Å²) in [5.41, 5.74) is 5.43. The van der Waals surface area contributed by atoms with Crippen molar-refractivity contribution in [3.8, 4) is 5.75 Å². The van der Waals surface area contributed by atoms with Gasteiger partial charge in [0.15, 0.2) is 5.11 Å². The van der Waals surface area contributed by atoms with E-state index in [2.05, 4.69) is 39.7 Å². The van der Waals surface area contributed by atoms with Crippen molar-refractivity contribution in [2.75, 3.05) is 18.6 Å². The van der Waals surface area contributed by atoms with E-state index in [1.165, 1.54) is 17.0 Å². The quantitative estimate of drug-likeness (QED) is 0.585. The number of thiocarbonyl (C=S) groups is 1. The summed E-state index contributed by atoms with van der Waals surface area (Å²) >= 11 is 5.76. The molecule has 4 rings (SSSR count). The van der Waals surface area contributed by atoms with Gasteiger partial charge in [0.2, 0.25) is 0 Å². The number of benzene rings is 1. The Kier molecular flexibility index (Phi) is 5.74. The first kappa shape index (κ1) is 20.4. The minimum absolute atomic E-state index is 0.0700. The largest absolute Gasteiger partial charge is 0.508 e. The molecule has 7 heteroatoms. The number of methoxy groups -OCH3 is 1. The van der Waals surface area contributed by atoms with Gasteiger partial charge in [-0.05, 0) is 74.1 Å². The number of phenols is 1.